The van der Waals surface area contributed by atoms with E-state index in [1.807, 2.05) is 13.0 Å². The van der Waals surface area contributed by atoms with Crippen molar-refractivity contribution in [3.05, 3.63) is 34.7 Å². The van der Waals surface area contributed by atoms with Gasteiger partial charge in [-0.05, 0) is 25.5 Å². The Morgan fingerprint density at radius 1 is 1.17 bits per heavy atom. The second-order valence-corrected chi connectivity index (χ2v) is 5.09. The second-order valence-electron chi connectivity index (χ2n) is 5.09. The van der Waals surface area contributed by atoms with Crippen LogP contribution in [0.25, 0.3) is 11.0 Å². The Morgan fingerprint density at radius 2 is 1.92 bits per heavy atom. The van der Waals surface area contributed by atoms with Gasteiger partial charge >= 0.3 is 11.6 Å². The Morgan fingerprint density at radius 3 is 2.62 bits per heavy atom. The molecule has 0 saturated carbocycles. The van der Waals surface area contributed by atoms with Crippen LogP contribution in [-0.2, 0) is 14.3 Å². The van der Waals surface area contributed by atoms with E-state index in [0.717, 1.165) is 6.42 Å². The molecule has 7 heteroatoms. The Kier molecular flexibility index (Phi) is 5.95. The van der Waals surface area contributed by atoms with E-state index in [1.54, 1.807) is 25.1 Å². The van der Waals surface area contributed by atoms with Crippen LogP contribution in [0.2, 0.25) is 0 Å². The lowest BCUT2D eigenvalue weighted by atomic mass is 10.1. The van der Waals surface area contributed by atoms with Crippen molar-refractivity contribution in [2.45, 2.75) is 26.7 Å². The third-order valence-electron chi connectivity index (χ3n) is 3.24. The topological polar surface area (TPSA) is 97.6 Å². The molecule has 1 heterocycles. The largest absolute Gasteiger partial charge is 0.466 e. The molecule has 0 atom stereocenters. The monoisotopic (exact) mass is 332 g/mol. The molecule has 0 aliphatic heterocycles. The predicted octanol–water partition coefficient (Wildman–Crippen LogP) is 2.51. The molecule has 7 nitrogen and oxygen atoms in total. The zero-order valence-corrected chi connectivity index (χ0v) is 13.7. The Balaban J connectivity index is 2.37. The first kappa shape index (κ1) is 17.5. The number of hydrogen-bond acceptors (Lipinski definition) is 6. The van der Waals surface area contributed by atoms with E-state index < -0.39 is 23.9 Å². The summed E-state index contributed by atoms with van der Waals surface area (Å²) in [6.45, 7) is 4.45. The average molecular weight is 332 g/mol. The molecule has 2 N–H and O–H groups in total. The third kappa shape index (κ3) is 4.13. The normalized spacial score (nSPS) is 10.4. The molecule has 2 aromatic rings. The molecule has 0 bridgehead atoms. The number of carbonyl (C=O) groups excluding carboxylic acids is 2. The highest BCUT2D eigenvalue weighted by molar-refractivity contribution is 6.06. The summed E-state index contributed by atoms with van der Waals surface area (Å²) in [6.07, 6.45) is 0.373. The van der Waals surface area contributed by atoms with Gasteiger partial charge in [-0.25, -0.2) is 4.79 Å². The summed E-state index contributed by atoms with van der Waals surface area (Å²) < 4.78 is 9.97. The summed E-state index contributed by atoms with van der Waals surface area (Å²) in [5.41, 5.74) is 0.228. The number of amides is 1. The van der Waals surface area contributed by atoms with Crippen molar-refractivity contribution in [1.82, 2.24) is 0 Å². The minimum Gasteiger partial charge on any atom is -0.466 e. The highest BCUT2D eigenvalue weighted by atomic mass is 16.5. The van der Waals surface area contributed by atoms with Gasteiger partial charge in [-0.15, -0.1) is 0 Å². The number of anilines is 2. The molecule has 0 saturated heterocycles. The zero-order chi connectivity index (χ0) is 17.5. The van der Waals surface area contributed by atoms with E-state index >= 15 is 0 Å². The molecular weight excluding hydrogens is 312 g/mol. The van der Waals surface area contributed by atoms with Gasteiger partial charge in [0.2, 0.25) is 5.91 Å². The lowest BCUT2D eigenvalue weighted by Gasteiger charge is -2.13. The smallest absolute Gasteiger partial charge is 0.362 e. The van der Waals surface area contributed by atoms with Crippen LogP contribution < -0.4 is 16.3 Å². The number of hydrogen-bond donors (Lipinski definition) is 2. The van der Waals surface area contributed by atoms with E-state index in [1.165, 1.54) is 0 Å². The number of ether oxygens (including phenoxy) is 1. The number of esters is 1. The summed E-state index contributed by atoms with van der Waals surface area (Å²) >= 11 is 0. The summed E-state index contributed by atoms with van der Waals surface area (Å²) in [6, 6.07) is 7.03. The minimum atomic E-state index is -0.676. The number of para-hydroxylation sites is 1. The molecule has 1 aromatic carbocycles. The summed E-state index contributed by atoms with van der Waals surface area (Å²) in [5.74, 6) is -1.28. The highest BCUT2D eigenvalue weighted by Crippen LogP contribution is 2.28. The van der Waals surface area contributed by atoms with E-state index in [2.05, 4.69) is 10.6 Å². The molecule has 0 aliphatic rings. The van der Waals surface area contributed by atoms with Gasteiger partial charge in [-0.3, -0.25) is 9.59 Å². The molecule has 0 unspecified atom stereocenters. The summed E-state index contributed by atoms with van der Waals surface area (Å²) in [7, 11) is 0. The van der Waals surface area contributed by atoms with E-state index in [0.29, 0.717) is 23.2 Å². The van der Waals surface area contributed by atoms with Crippen molar-refractivity contribution >= 4 is 34.2 Å². The predicted molar refractivity (Wildman–Crippen MR) is 91.1 cm³/mol. The van der Waals surface area contributed by atoms with Crippen molar-refractivity contribution in [1.29, 1.82) is 0 Å². The summed E-state index contributed by atoms with van der Waals surface area (Å²) in [5, 5.41) is 6.28. The van der Waals surface area contributed by atoms with Gasteiger partial charge in [-0.1, -0.05) is 19.1 Å². The molecule has 2 rings (SSSR count). The van der Waals surface area contributed by atoms with Crippen LogP contribution in [0.1, 0.15) is 26.7 Å². The number of benzene rings is 1. The first-order valence-corrected chi connectivity index (χ1v) is 7.82. The standard InChI is InChI=1S/C17H20N2O5/c1-3-9-18-15-11-7-5-6-8-12(11)24-17(22)16(15)19-13(20)10-14(21)23-4-2/h5-8,18H,3-4,9-10H2,1-2H3,(H,19,20). The van der Waals surface area contributed by atoms with Crippen molar-refractivity contribution < 1.29 is 18.7 Å². The fraction of sp³-hybridized carbons (Fsp3) is 0.353. The fourth-order valence-corrected chi connectivity index (χ4v) is 2.22. The van der Waals surface area contributed by atoms with Crippen LogP contribution in [0.3, 0.4) is 0 Å². The van der Waals surface area contributed by atoms with Gasteiger partial charge in [0.1, 0.15) is 12.0 Å². The van der Waals surface area contributed by atoms with E-state index in [9.17, 15) is 14.4 Å². The average Bonchev–Trinajstić information content (AvgIpc) is 2.54. The molecule has 1 amide bonds. The molecule has 0 aliphatic carbocycles. The van der Waals surface area contributed by atoms with E-state index in [4.69, 9.17) is 9.15 Å². The van der Waals surface area contributed by atoms with Crippen LogP contribution in [-0.4, -0.2) is 25.0 Å². The first-order chi connectivity index (χ1) is 11.6. The lowest BCUT2D eigenvalue weighted by Crippen LogP contribution is -2.23. The number of nitrogens with one attached hydrogen (secondary N) is 2. The molecular formula is C17H20N2O5. The maximum absolute atomic E-state index is 12.2. The zero-order valence-electron chi connectivity index (χ0n) is 13.7. The van der Waals surface area contributed by atoms with Crippen molar-refractivity contribution in [2.75, 3.05) is 23.8 Å². The number of fused-ring (bicyclic) bond motifs is 1. The van der Waals surface area contributed by atoms with Gasteiger partial charge < -0.3 is 19.8 Å². The maximum Gasteiger partial charge on any atom is 0.362 e. The lowest BCUT2D eigenvalue weighted by molar-refractivity contribution is -0.145. The minimum absolute atomic E-state index is 0.00329. The quantitative estimate of drug-likeness (QED) is 0.459. The molecule has 0 spiro atoms. The molecule has 24 heavy (non-hydrogen) atoms. The van der Waals surface area contributed by atoms with Gasteiger partial charge in [0, 0.05) is 11.9 Å². The maximum atomic E-state index is 12.2. The van der Waals surface area contributed by atoms with Crippen molar-refractivity contribution in [3.8, 4) is 0 Å². The third-order valence-corrected chi connectivity index (χ3v) is 3.24. The Hall–Kier alpha value is -2.83. The molecule has 128 valence electrons. The molecule has 0 fully saturated rings. The van der Waals surface area contributed by atoms with Gasteiger partial charge in [0.15, 0.2) is 5.69 Å². The highest BCUT2D eigenvalue weighted by Gasteiger charge is 2.18. The van der Waals surface area contributed by atoms with Crippen LogP contribution >= 0.6 is 0 Å². The van der Waals surface area contributed by atoms with Crippen LogP contribution in [0.15, 0.2) is 33.5 Å². The van der Waals surface area contributed by atoms with Crippen molar-refractivity contribution in [3.63, 3.8) is 0 Å². The van der Waals surface area contributed by atoms with Crippen LogP contribution in [0.4, 0.5) is 11.4 Å². The van der Waals surface area contributed by atoms with Gasteiger partial charge in [-0.2, -0.15) is 0 Å². The Labute approximate surface area is 139 Å². The van der Waals surface area contributed by atoms with Crippen LogP contribution in [0.5, 0.6) is 0 Å². The SMILES string of the molecule is CCCNc1c(NC(=O)CC(=O)OCC)c(=O)oc2ccccc12. The second kappa shape index (κ2) is 8.14. The summed E-state index contributed by atoms with van der Waals surface area (Å²) in [4.78, 5) is 35.6. The van der Waals surface area contributed by atoms with Crippen LogP contribution in [0, 0.1) is 0 Å². The fourth-order valence-electron chi connectivity index (χ4n) is 2.22. The van der Waals surface area contributed by atoms with Gasteiger partial charge in [0.05, 0.1) is 12.3 Å². The Bertz CT molecular complexity index is 797. The molecule has 1 aromatic heterocycles. The van der Waals surface area contributed by atoms with Crippen molar-refractivity contribution in [2.24, 2.45) is 0 Å². The molecule has 0 radical (unpaired) electrons. The van der Waals surface area contributed by atoms with E-state index in [-0.39, 0.29) is 12.3 Å². The van der Waals surface area contributed by atoms with Gasteiger partial charge in [0.25, 0.3) is 0 Å². The number of carbonyl (C=O) groups is 2. The number of rotatable bonds is 7. The first-order valence-electron chi connectivity index (χ1n) is 7.82.